The Labute approximate surface area is 133 Å². The van der Waals surface area contributed by atoms with Crippen LogP contribution in [0.5, 0.6) is 0 Å². The van der Waals surface area contributed by atoms with Crippen LogP contribution in [0.3, 0.4) is 0 Å². The maximum absolute atomic E-state index is 12.3. The van der Waals surface area contributed by atoms with Crippen LogP contribution in [-0.2, 0) is 16.6 Å². The largest absolute Gasteiger partial charge is 0.451 e. The molecule has 22 heavy (non-hydrogen) atoms. The Balaban J connectivity index is 2.62. The highest BCUT2D eigenvalue weighted by molar-refractivity contribution is 5.90. The van der Waals surface area contributed by atoms with Gasteiger partial charge in [-0.1, -0.05) is 27.7 Å². The van der Waals surface area contributed by atoms with Gasteiger partial charge in [0.05, 0.1) is 0 Å². The summed E-state index contributed by atoms with van der Waals surface area (Å²) in [7, 11) is 1.80. The van der Waals surface area contributed by atoms with Crippen molar-refractivity contribution in [2.24, 2.45) is 18.9 Å². The lowest BCUT2D eigenvalue weighted by molar-refractivity contribution is -0.135. The Hall–Kier alpha value is -1.78. The molecule has 0 aliphatic heterocycles. The molecule has 1 amide bonds. The molecule has 1 rings (SSSR count). The van der Waals surface area contributed by atoms with Gasteiger partial charge in [-0.25, -0.2) is 4.79 Å². The molecular weight excluding hydrogens is 280 g/mol. The van der Waals surface area contributed by atoms with E-state index in [1.54, 1.807) is 22.6 Å². The van der Waals surface area contributed by atoms with Gasteiger partial charge in [0.2, 0.25) is 0 Å². The summed E-state index contributed by atoms with van der Waals surface area (Å²) in [5, 5.41) is 0. The second-order valence-electron chi connectivity index (χ2n) is 6.58. The van der Waals surface area contributed by atoms with E-state index >= 15 is 0 Å². The molecule has 5 heteroatoms. The van der Waals surface area contributed by atoms with Crippen LogP contribution in [0.15, 0.2) is 12.1 Å². The second kappa shape index (κ2) is 8.01. The molecule has 0 radical (unpaired) electrons. The number of nitrogens with zero attached hydrogens (tertiary/aromatic N) is 2. The average molecular weight is 308 g/mol. The third-order valence-electron chi connectivity index (χ3n) is 3.43. The Morgan fingerprint density at radius 3 is 2.09 bits per heavy atom. The van der Waals surface area contributed by atoms with Gasteiger partial charge in [-0.2, -0.15) is 0 Å². The smallest absolute Gasteiger partial charge is 0.355 e. The molecule has 0 N–H and O–H groups in total. The molecule has 0 saturated carbocycles. The number of esters is 1. The summed E-state index contributed by atoms with van der Waals surface area (Å²) in [5.74, 6) is 0.169. The van der Waals surface area contributed by atoms with E-state index in [0.717, 1.165) is 5.69 Å². The lowest BCUT2D eigenvalue weighted by Gasteiger charge is -2.26. The third kappa shape index (κ3) is 5.20. The first-order chi connectivity index (χ1) is 10.2. The third-order valence-corrected chi connectivity index (χ3v) is 3.43. The number of aryl methyl sites for hydroxylation is 1. The standard InChI is InChI=1S/C17H28N2O3/c1-12(2)9-19(10-13(3)4)16(20)11-22-17(21)15-8-7-14(5)18(15)6/h7-8,12-13H,9-11H2,1-6H3. The van der Waals surface area contributed by atoms with E-state index < -0.39 is 5.97 Å². The van der Waals surface area contributed by atoms with Crippen molar-refractivity contribution in [2.45, 2.75) is 34.6 Å². The fourth-order valence-electron chi connectivity index (χ4n) is 2.27. The molecule has 0 spiro atoms. The molecule has 0 bridgehead atoms. The maximum Gasteiger partial charge on any atom is 0.355 e. The first kappa shape index (κ1) is 18.3. The number of ether oxygens (including phenoxy) is 1. The van der Waals surface area contributed by atoms with Crippen LogP contribution >= 0.6 is 0 Å². The fraction of sp³-hybridized carbons (Fsp3) is 0.647. The quantitative estimate of drug-likeness (QED) is 0.728. The maximum atomic E-state index is 12.3. The lowest BCUT2D eigenvalue weighted by Crippen LogP contribution is -2.39. The summed E-state index contributed by atoms with van der Waals surface area (Å²) in [6.45, 7) is 11.3. The molecule has 0 atom stereocenters. The lowest BCUT2D eigenvalue weighted by atomic mass is 10.1. The van der Waals surface area contributed by atoms with Crippen molar-refractivity contribution in [2.75, 3.05) is 19.7 Å². The highest BCUT2D eigenvalue weighted by atomic mass is 16.5. The minimum absolute atomic E-state index is 0.137. The van der Waals surface area contributed by atoms with Gasteiger partial charge in [0, 0.05) is 25.8 Å². The van der Waals surface area contributed by atoms with Gasteiger partial charge in [-0.15, -0.1) is 0 Å². The van der Waals surface area contributed by atoms with E-state index in [0.29, 0.717) is 30.6 Å². The summed E-state index contributed by atoms with van der Waals surface area (Å²) in [5.41, 5.74) is 1.43. The topological polar surface area (TPSA) is 51.5 Å². The van der Waals surface area contributed by atoms with Crippen LogP contribution in [-0.4, -0.2) is 41.0 Å². The van der Waals surface area contributed by atoms with Crippen LogP contribution in [0, 0.1) is 18.8 Å². The zero-order valence-electron chi connectivity index (χ0n) is 14.5. The molecule has 0 aliphatic carbocycles. The molecular formula is C17H28N2O3. The van der Waals surface area contributed by atoms with Crippen LogP contribution in [0.25, 0.3) is 0 Å². The average Bonchev–Trinajstić information content (AvgIpc) is 2.74. The van der Waals surface area contributed by atoms with Crippen LogP contribution in [0.2, 0.25) is 0 Å². The normalized spacial score (nSPS) is 11.1. The van der Waals surface area contributed by atoms with Crippen molar-refractivity contribution in [3.05, 3.63) is 23.5 Å². The summed E-state index contributed by atoms with van der Waals surface area (Å²) in [6, 6.07) is 3.56. The van der Waals surface area contributed by atoms with Crippen LogP contribution in [0.1, 0.15) is 43.9 Å². The van der Waals surface area contributed by atoms with E-state index in [4.69, 9.17) is 4.74 Å². The highest BCUT2D eigenvalue weighted by Crippen LogP contribution is 2.09. The number of amides is 1. The van der Waals surface area contributed by atoms with Crippen molar-refractivity contribution in [1.29, 1.82) is 0 Å². The van der Waals surface area contributed by atoms with Gasteiger partial charge >= 0.3 is 5.97 Å². The van der Waals surface area contributed by atoms with Gasteiger partial charge < -0.3 is 14.2 Å². The Bertz CT molecular complexity index is 508. The van der Waals surface area contributed by atoms with Gasteiger partial charge in [0.15, 0.2) is 6.61 Å². The van der Waals surface area contributed by atoms with E-state index in [2.05, 4.69) is 27.7 Å². The van der Waals surface area contributed by atoms with E-state index in [9.17, 15) is 9.59 Å². The molecule has 0 saturated heterocycles. The number of aromatic nitrogens is 1. The van der Waals surface area contributed by atoms with E-state index in [1.165, 1.54) is 0 Å². The fourth-order valence-corrected chi connectivity index (χ4v) is 2.27. The molecule has 0 aliphatic rings. The predicted octanol–water partition coefficient (Wildman–Crippen LogP) is 2.63. The highest BCUT2D eigenvalue weighted by Gasteiger charge is 2.19. The van der Waals surface area contributed by atoms with E-state index in [1.807, 2.05) is 13.0 Å². The molecule has 1 aromatic heterocycles. The Morgan fingerprint density at radius 1 is 1.14 bits per heavy atom. The zero-order chi connectivity index (χ0) is 16.9. The van der Waals surface area contributed by atoms with Gasteiger partial charge in [-0.05, 0) is 30.9 Å². The summed E-state index contributed by atoms with van der Waals surface area (Å²) >= 11 is 0. The number of carbonyl (C=O) groups is 2. The van der Waals surface area contributed by atoms with Crippen molar-refractivity contribution in [3.63, 3.8) is 0 Å². The van der Waals surface area contributed by atoms with Gasteiger partial charge in [0.1, 0.15) is 5.69 Å². The molecule has 124 valence electrons. The minimum Gasteiger partial charge on any atom is -0.451 e. The Kier molecular flexibility index (Phi) is 6.65. The minimum atomic E-state index is -0.460. The summed E-state index contributed by atoms with van der Waals surface area (Å²) < 4.78 is 6.93. The molecule has 0 unspecified atom stereocenters. The Morgan fingerprint density at radius 2 is 1.68 bits per heavy atom. The summed E-state index contributed by atoms with van der Waals surface area (Å²) in [6.07, 6.45) is 0. The van der Waals surface area contributed by atoms with Crippen molar-refractivity contribution < 1.29 is 14.3 Å². The van der Waals surface area contributed by atoms with Crippen molar-refractivity contribution in [3.8, 4) is 0 Å². The van der Waals surface area contributed by atoms with Crippen LogP contribution in [0.4, 0.5) is 0 Å². The van der Waals surface area contributed by atoms with Gasteiger partial charge in [-0.3, -0.25) is 4.79 Å². The van der Waals surface area contributed by atoms with Crippen molar-refractivity contribution in [1.82, 2.24) is 9.47 Å². The summed E-state index contributed by atoms with van der Waals surface area (Å²) in [4.78, 5) is 26.1. The SMILES string of the molecule is Cc1ccc(C(=O)OCC(=O)N(CC(C)C)CC(C)C)n1C. The second-order valence-corrected chi connectivity index (χ2v) is 6.58. The molecule has 1 heterocycles. The van der Waals surface area contributed by atoms with Crippen LogP contribution < -0.4 is 0 Å². The number of hydrogen-bond donors (Lipinski definition) is 0. The number of hydrogen-bond acceptors (Lipinski definition) is 3. The number of carbonyl (C=O) groups excluding carboxylic acids is 2. The monoisotopic (exact) mass is 308 g/mol. The van der Waals surface area contributed by atoms with Gasteiger partial charge in [0.25, 0.3) is 5.91 Å². The zero-order valence-corrected chi connectivity index (χ0v) is 14.5. The molecule has 5 nitrogen and oxygen atoms in total. The molecule has 0 aromatic carbocycles. The first-order valence-electron chi connectivity index (χ1n) is 7.79. The van der Waals surface area contributed by atoms with Crippen molar-refractivity contribution >= 4 is 11.9 Å². The molecule has 0 fully saturated rings. The predicted molar refractivity (Wildman–Crippen MR) is 86.7 cm³/mol. The first-order valence-corrected chi connectivity index (χ1v) is 7.79. The van der Waals surface area contributed by atoms with E-state index in [-0.39, 0.29) is 12.5 Å². The number of rotatable bonds is 7. The molecule has 1 aromatic rings.